The second kappa shape index (κ2) is 15.9. The molecule has 0 aliphatic carbocycles. The summed E-state index contributed by atoms with van der Waals surface area (Å²) in [5.41, 5.74) is 3.83. The van der Waals surface area contributed by atoms with E-state index in [0.717, 1.165) is 0 Å². The molecule has 4 amide bonds. The van der Waals surface area contributed by atoms with Crippen molar-refractivity contribution in [2.45, 2.75) is 69.2 Å². The zero-order valence-corrected chi connectivity index (χ0v) is 22.0. The molecule has 0 fully saturated rings. The van der Waals surface area contributed by atoms with Gasteiger partial charge in [-0.3, -0.25) is 28.8 Å². The molecular weight excluding hydrogens is 534 g/mol. The quantitative estimate of drug-likeness (QED) is 0.0811. The van der Waals surface area contributed by atoms with E-state index in [-0.39, 0.29) is 17.9 Å². The van der Waals surface area contributed by atoms with E-state index in [4.69, 9.17) is 21.1 Å². The van der Waals surface area contributed by atoms with Crippen LogP contribution >= 0.6 is 25.3 Å². The van der Waals surface area contributed by atoms with Crippen molar-refractivity contribution in [2.75, 3.05) is 11.5 Å². The molecular formula is C20H33N5O10S2. The number of carboxylic acids is 3. The number of aliphatic carboxylic acids is 3. The Bertz CT molecular complexity index is 886. The summed E-state index contributed by atoms with van der Waals surface area (Å²) in [6.07, 6.45) is -1.75. The lowest BCUT2D eigenvalue weighted by Gasteiger charge is -2.30. The van der Waals surface area contributed by atoms with E-state index in [0.29, 0.717) is 0 Å². The van der Waals surface area contributed by atoms with Gasteiger partial charge in [0.15, 0.2) is 0 Å². The average Bonchev–Trinajstić information content (AvgIpc) is 2.80. The van der Waals surface area contributed by atoms with Crippen LogP contribution < -0.4 is 27.0 Å². The minimum absolute atomic E-state index is 0.0528. The maximum Gasteiger partial charge on any atom is 0.327 e. The molecule has 4 atom stereocenters. The predicted octanol–water partition coefficient (Wildman–Crippen LogP) is -2.66. The third-order valence-corrected chi connectivity index (χ3v) is 5.64. The van der Waals surface area contributed by atoms with Crippen LogP contribution in [-0.4, -0.2) is 98.1 Å². The van der Waals surface area contributed by atoms with Crippen LogP contribution in [0.25, 0.3) is 0 Å². The molecule has 0 saturated heterocycles. The number of nitrogens with two attached hydrogens (primary N) is 1. The normalized spacial score (nSPS) is 14.3. The Kier molecular flexibility index (Phi) is 14.6. The Morgan fingerprint density at radius 1 is 0.730 bits per heavy atom. The van der Waals surface area contributed by atoms with Crippen molar-refractivity contribution < 1.29 is 48.9 Å². The van der Waals surface area contributed by atoms with Gasteiger partial charge in [-0.1, -0.05) is 0 Å². The molecule has 0 heterocycles. The summed E-state index contributed by atoms with van der Waals surface area (Å²) in [4.78, 5) is 83.5. The molecule has 0 aromatic heterocycles. The van der Waals surface area contributed by atoms with Gasteiger partial charge in [0, 0.05) is 24.3 Å². The number of carbonyl (C=O) groups excluding carboxylic acids is 4. The molecule has 0 aliphatic heterocycles. The van der Waals surface area contributed by atoms with Crippen molar-refractivity contribution >= 4 is 66.8 Å². The molecule has 0 rings (SSSR count). The molecule has 9 N–H and O–H groups in total. The van der Waals surface area contributed by atoms with Crippen molar-refractivity contribution in [1.29, 1.82) is 0 Å². The number of rotatable bonds is 17. The third kappa shape index (κ3) is 12.7. The van der Waals surface area contributed by atoms with Gasteiger partial charge in [0.25, 0.3) is 0 Å². The predicted molar refractivity (Wildman–Crippen MR) is 135 cm³/mol. The largest absolute Gasteiger partial charge is 0.481 e. The summed E-state index contributed by atoms with van der Waals surface area (Å²) in [6.45, 7) is 2.49. The van der Waals surface area contributed by atoms with Gasteiger partial charge in [-0.25, -0.2) is 4.79 Å². The van der Waals surface area contributed by atoms with Crippen molar-refractivity contribution in [1.82, 2.24) is 21.3 Å². The summed E-state index contributed by atoms with van der Waals surface area (Å²) in [6, 6.07) is -5.34. The van der Waals surface area contributed by atoms with Gasteiger partial charge in [-0.15, -0.1) is 0 Å². The first-order valence-corrected chi connectivity index (χ1v) is 12.2. The molecule has 0 aromatic carbocycles. The zero-order chi connectivity index (χ0) is 28.9. The van der Waals surface area contributed by atoms with Crippen LogP contribution in [0.5, 0.6) is 0 Å². The Morgan fingerprint density at radius 3 is 1.59 bits per heavy atom. The van der Waals surface area contributed by atoms with Gasteiger partial charge >= 0.3 is 17.9 Å². The smallest absolute Gasteiger partial charge is 0.327 e. The maximum absolute atomic E-state index is 12.9. The number of thiol groups is 2. The molecule has 0 bridgehead atoms. The standard InChI is InChI=1S/C20H33N5O10S2/c1-20(2,25-17(32)11(4-6-14(28)29)22-15(30)9(21)7-36)19(35)24-10(3-5-13(26)27)16(31)23-12(8-37)18(33)34/h9-12,36-37H,3-8,21H2,1-2H3,(H,22,30)(H,23,31)(H,24,35)(H,25,32)(H,26,27)(H,28,29)(H,33,34)/t9-,10-,11-,12-/m0/s1. The molecule has 0 aliphatic rings. The second-order valence-corrected chi connectivity index (χ2v) is 9.17. The number of amides is 4. The van der Waals surface area contributed by atoms with Crippen LogP contribution in [0.15, 0.2) is 0 Å². The number of hydrogen-bond acceptors (Lipinski definition) is 10. The fourth-order valence-corrected chi connectivity index (χ4v) is 3.10. The lowest BCUT2D eigenvalue weighted by atomic mass is 10.0. The summed E-state index contributed by atoms with van der Waals surface area (Å²) in [5, 5.41) is 36.1. The highest BCUT2D eigenvalue weighted by Crippen LogP contribution is 2.09. The van der Waals surface area contributed by atoms with Crippen LogP contribution in [0.2, 0.25) is 0 Å². The van der Waals surface area contributed by atoms with E-state index in [1.165, 1.54) is 13.8 Å². The molecule has 0 radical (unpaired) electrons. The van der Waals surface area contributed by atoms with Gasteiger partial charge in [-0.05, 0) is 26.7 Å². The first kappa shape index (κ1) is 34.0. The highest BCUT2D eigenvalue weighted by molar-refractivity contribution is 7.80. The first-order chi connectivity index (χ1) is 17.0. The monoisotopic (exact) mass is 567 g/mol. The van der Waals surface area contributed by atoms with Crippen molar-refractivity contribution in [3.05, 3.63) is 0 Å². The molecule has 210 valence electrons. The van der Waals surface area contributed by atoms with Crippen molar-refractivity contribution in [3.63, 3.8) is 0 Å². The fourth-order valence-electron chi connectivity index (χ4n) is 2.68. The molecule has 0 aromatic rings. The Balaban J connectivity index is 5.63. The van der Waals surface area contributed by atoms with E-state index in [2.05, 4.69) is 46.5 Å². The average molecular weight is 568 g/mol. The highest BCUT2D eigenvalue weighted by Gasteiger charge is 2.36. The maximum atomic E-state index is 12.9. The van der Waals surface area contributed by atoms with E-state index in [9.17, 15) is 33.6 Å². The van der Waals surface area contributed by atoms with Crippen molar-refractivity contribution in [3.8, 4) is 0 Å². The van der Waals surface area contributed by atoms with E-state index in [1.54, 1.807) is 0 Å². The zero-order valence-electron chi connectivity index (χ0n) is 20.2. The van der Waals surface area contributed by atoms with E-state index < -0.39 is 90.5 Å². The minimum Gasteiger partial charge on any atom is -0.481 e. The molecule has 17 heteroatoms. The van der Waals surface area contributed by atoms with Gasteiger partial charge in [0.1, 0.15) is 23.7 Å². The van der Waals surface area contributed by atoms with Crippen LogP contribution in [0, 0.1) is 0 Å². The summed E-state index contributed by atoms with van der Waals surface area (Å²) in [7, 11) is 0. The van der Waals surface area contributed by atoms with Gasteiger partial charge in [0.2, 0.25) is 23.6 Å². The van der Waals surface area contributed by atoms with Gasteiger partial charge in [0.05, 0.1) is 6.04 Å². The summed E-state index contributed by atoms with van der Waals surface area (Å²) in [5.74, 6) is -7.86. The number of carbonyl (C=O) groups is 7. The van der Waals surface area contributed by atoms with E-state index >= 15 is 0 Å². The highest BCUT2D eigenvalue weighted by atomic mass is 32.1. The Hall–Kier alpha value is -3.05. The Labute approximate surface area is 223 Å². The molecule has 0 spiro atoms. The van der Waals surface area contributed by atoms with Crippen LogP contribution in [0.4, 0.5) is 0 Å². The summed E-state index contributed by atoms with van der Waals surface area (Å²) >= 11 is 7.71. The molecule has 0 unspecified atom stereocenters. The van der Waals surface area contributed by atoms with Crippen LogP contribution in [-0.2, 0) is 33.6 Å². The molecule has 15 nitrogen and oxygen atoms in total. The fraction of sp³-hybridized carbons (Fsp3) is 0.650. The minimum atomic E-state index is -1.74. The lowest BCUT2D eigenvalue weighted by molar-refractivity contribution is -0.142. The number of nitrogens with one attached hydrogen (secondary N) is 4. The first-order valence-electron chi connectivity index (χ1n) is 10.9. The molecule has 0 saturated carbocycles. The molecule has 37 heavy (non-hydrogen) atoms. The second-order valence-electron chi connectivity index (χ2n) is 8.44. The van der Waals surface area contributed by atoms with Gasteiger partial charge < -0.3 is 42.3 Å². The van der Waals surface area contributed by atoms with Crippen molar-refractivity contribution in [2.24, 2.45) is 5.73 Å². The van der Waals surface area contributed by atoms with E-state index in [1.807, 2.05) is 0 Å². The van der Waals surface area contributed by atoms with Gasteiger partial charge in [-0.2, -0.15) is 25.3 Å². The Morgan fingerprint density at radius 2 is 1.19 bits per heavy atom. The third-order valence-electron chi connectivity index (χ3n) is 4.88. The summed E-state index contributed by atoms with van der Waals surface area (Å²) < 4.78 is 0. The van der Waals surface area contributed by atoms with Crippen LogP contribution in [0.3, 0.4) is 0 Å². The SMILES string of the molecule is CC(C)(NC(=O)[C@H](CCC(=O)O)NC(=O)[C@@H](N)CS)C(=O)N[C@@H](CCC(=O)O)C(=O)N[C@@H](CS)C(=O)O. The van der Waals surface area contributed by atoms with Crippen LogP contribution in [0.1, 0.15) is 39.5 Å². The number of carboxylic acid groups (broad SMARTS) is 3. The topological polar surface area (TPSA) is 254 Å². The number of hydrogen-bond donors (Lipinski definition) is 10. The lowest BCUT2D eigenvalue weighted by Crippen LogP contribution is -2.62.